The lowest BCUT2D eigenvalue weighted by molar-refractivity contribution is -0.143. The number of nitrogens with zero attached hydrogens (tertiary/aromatic N) is 2. The molecule has 26 heavy (non-hydrogen) atoms. The predicted octanol–water partition coefficient (Wildman–Crippen LogP) is 1.95. The number of aliphatic carboxylic acids is 1. The van der Waals surface area contributed by atoms with Gasteiger partial charge in [-0.15, -0.1) is 0 Å². The summed E-state index contributed by atoms with van der Waals surface area (Å²) >= 11 is 0. The van der Waals surface area contributed by atoms with Crippen LogP contribution < -0.4 is 10.2 Å². The van der Waals surface area contributed by atoms with Crippen molar-refractivity contribution in [2.24, 2.45) is 5.92 Å². The number of hydrogen-bond acceptors (Lipinski definition) is 4. The fraction of sp³-hybridized carbons (Fsp3) is 0.579. The Morgan fingerprint density at radius 2 is 1.69 bits per heavy atom. The maximum atomic E-state index is 13.0. The van der Waals surface area contributed by atoms with Crippen molar-refractivity contribution in [3.8, 4) is 0 Å². The minimum Gasteiger partial charge on any atom is -0.480 e. The molecule has 6 nitrogen and oxygen atoms in total. The zero-order valence-corrected chi connectivity index (χ0v) is 15.6. The maximum absolute atomic E-state index is 13.0. The fourth-order valence-electron chi connectivity index (χ4n) is 3.17. The van der Waals surface area contributed by atoms with E-state index in [9.17, 15) is 19.1 Å². The average Bonchev–Trinajstić information content (AvgIpc) is 2.61. The highest BCUT2D eigenvalue weighted by molar-refractivity contribution is 5.86. The number of anilines is 1. The largest absolute Gasteiger partial charge is 0.480 e. The standard InChI is InChI=1S/C19H28FN3O3/c1-13(2)12-17(19(25)26)21-18(24)14(3)22-8-10-23(11-9-22)16-6-4-15(20)5-7-16/h4-7,13-14,17H,8-12H2,1-3H3,(H,21,24)(H,25,26)/t14?,17-/m1/s1. The quantitative estimate of drug-likeness (QED) is 0.773. The molecule has 0 radical (unpaired) electrons. The van der Waals surface area contributed by atoms with Crippen LogP contribution >= 0.6 is 0 Å². The van der Waals surface area contributed by atoms with Crippen molar-refractivity contribution in [1.29, 1.82) is 0 Å². The molecule has 0 aliphatic carbocycles. The molecule has 1 aliphatic rings. The van der Waals surface area contributed by atoms with E-state index in [-0.39, 0.29) is 23.7 Å². The number of rotatable bonds is 7. The van der Waals surface area contributed by atoms with Crippen LogP contribution in [-0.2, 0) is 9.59 Å². The van der Waals surface area contributed by atoms with Gasteiger partial charge >= 0.3 is 5.97 Å². The number of carbonyl (C=O) groups is 2. The first kappa shape index (κ1) is 20.2. The molecule has 1 fully saturated rings. The van der Waals surface area contributed by atoms with Crippen molar-refractivity contribution in [2.45, 2.75) is 39.3 Å². The van der Waals surface area contributed by atoms with Crippen molar-refractivity contribution in [3.63, 3.8) is 0 Å². The fourth-order valence-corrected chi connectivity index (χ4v) is 3.17. The number of carboxylic acids is 1. The van der Waals surface area contributed by atoms with Crippen LogP contribution in [0, 0.1) is 11.7 Å². The molecule has 2 N–H and O–H groups in total. The predicted molar refractivity (Wildman–Crippen MR) is 98.7 cm³/mol. The summed E-state index contributed by atoms with van der Waals surface area (Å²) in [6.45, 7) is 8.51. The molecule has 1 aliphatic heterocycles. The van der Waals surface area contributed by atoms with Crippen LogP contribution in [-0.4, -0.2) is 60.1 Å². The summed E-state index contributed by atoms with van der Waals surface area (Å²) in [6, 6.07) is 5.15. The van der Waals surface area contributed by atoms with E-state index < -0.39 is 12.0 Å². The van der Waals surface area contributed by atoms with Gasteiger partial charge in [-0.25, -0.2) is 9.18 Å². The van der Waals surface area contributed by atoms with Gasteiger partial charge in [-0.1, -0.05) is 13.8 Å². The highest BCUT2D eigenvalue weighted by atomic mass is 19.1. The van der Waals surface area contributed by atoms with E-state index in [0.717, 1.165) is 18.8 Å². The summed E-state index contributed by atoms with van der Waals surface area (Å²) in [4.78, 5) is 28.0. The smallest absolute Gasteiger partial charge is 0.326 e. The molecule has 0 aromatic heterocycles. The molecule has 2 rings (SSSR count). The maximum Gasteiger partial charge on any atom is 0.326 e. The lowest BCUT2D eigenvalue weighted by atomic mass is 10.0. The summed E-state index contributed by atoms with van der Waals surface area (Å²) in [5.41, 5.74) is 0.964. The molecule has 144 valence electrons. The number of halogens is 1. The first-order chi connectivity index (χ1) is 12.3. The van der Waals surface area contributed by atoms with Gasteiger partial charge in [-0.05, 0) is 43.5 Å². The molecule has 1 amide bonds. The van der Waals surface area contributed by atoms with Gasteiger partial charge < -0.3 is 15.3 Å². The third-order valence-corrected chi connectivity index (χ3v) is 4.75. The Kier molecular flexibility index (Phi) is 6.97. The summed E-state index contributed by atoms with van der Waals surface area (Å²) in [5.74, 6) is -1.33. The van der Waals surface area contributed by atoms with Crippen LogP contribution in [0.3, 0.4) is 0 Å². The van der Waals surface area contributed by atoms with Crippen LogP contribution in [0.2, 0.25) is 0 Å². The number of piperazine rings is 1. The SMILES string of the molecule is CC(C)C[C@@H](NC(=O)C(C)N1CCN(c2ccc(F)cc2)CC1)C(=O)O. The molecular weight excluding hydrogens is 337 g/mol. The first-order valence-corrected chi connectivity index (χ1v) is 9.05. The van der Waals surface area contributed by atoms with E-state index in [0.29, 0.717) is 19.5 Å². The zero-order chi connectivity index (χ0) is 19.3. The van der Waals surface area contributed by atoms with Gasteiger partial charge in [0.05, 0.1) is 6.04 Å². The van der Waals surface area contributed by atoms with Crippen molar-refractivity contribution in [2.75, 3.05) is 31.1 Å². The Labute approximate surface area is 154 Å². The molecular formula is C19H28FN3O3. The Balaban J connectivity index is 1.88. The molecule has 0 saturated carbocycles. The lowest BCUT2D eigenvalue weighted by Gasteiger charge is -2.38. The minimum absolute atomic E-state index is 0.186. The highest BCUT2D eigenvalue weighted by Crippen LogP contribution is 2.18. The van der Waals surface area contributed by atoms with Gasteiger partial charge in [0, 0.05) is 31.9 Å². The van der Waals surface area contributed by atoms with E-state index >= 15 is 0 Å². The van der Waals surface area contributed by atoms with Crippen molar-refractivity contribution < 1.29 is 19.1 Å². The number of carbonyl (C=O) groups excluding carboxylic acids is 1. The van der Waals surface area contributed by atoms with Crippen molar-refractivity contribution in [3.05, 3.63) is 30.1 Å². The van der Waals surface area contributed by atoms with E-state index in [1.54, 1.807) is 19.1 Å². The third-order valence-electron chi connectivity index (χ3n) is 4.75. The number of benzene rings is 1. The summed E-state index contributed by atoms with van der Waals surface area (Å²) in [5, 5.41) is 11.9. The summed E-state index contributed by atoms with van der Waals surface area (Å²) in [7, 11) is 0. The molecule has 2 atom stereocenters. The van der Waals surface area contributed by atoms with Crippen LogP contribution in [0.4, 0.5) is 10.1 Å². The average molecular weight is 365 g/mol. The van der Waals surface area contributed by atoms with Crippen LogP contribution in [0.5, 0.6) is 0 Å². The third kappa shape index (κ3) is 5.42. The van der Waals surface area contributed by atoms with Crippen LogP contribution in [0.25, 0.3) is 0 Å². The van der Waals surface area contributed by atoms with Gasteiger partial charge in [0.2, 0.25) is 5.91 Å². The summed E-state index contributed by atoms with van der Waals surface area (Å²) in [6.07, 6.45) is 0.409. The molecule has 0 bridgehead atoms. The molecule has 1 aromatic rings. The zero-order valence-electron chi connectivity index (χ0n) is 15.6. The molecule has 1 heterocycles. The lowest BCUT2D eigenvalue weighted by Crippen LogP contribution is -2.56. The topological polar surface area (TPSA) is 72.9 Å². The Morgan fingerprint density at radius 1 is 1.12 bits per heavy atom. The van der Waals surface area contributed by atoms with Crippen LogP contribution in [0.15, 0.2) is 24.3 Å². The Morgan fingerprint density at radius 3 is 2.19 bits per heavy atom. The van der Waals surface area contributed by atoms with Gasteiger partial charge in [-0.2, -0.15) is 0 Å². The van der Waals surface area contributed by atoms with Crippen molar-refractivity contribution >= 4 is 17.6 Å². The van der Waals surface area contributed by atoms with Crippen molar-refractivity contribution in [1.82, 2.24) is 10.2 Å². The molecule has 1 saturated heterocycles. The number of carboxylic acid groups (broad SMARTS) is 1. The van der Waals surface area contributed by atoms with E-state index in [1.807, 2.05) is 18.7 Å². The first-order valence-electron chi connectivity index (χ1n) is 9.05. The molecule has 7 heteroatoms. The molecule has 1 aromatic carbocycles. The number of hydrogen-bond donors (Lipinski definition) is 2. The minimum atomic E-state index is -1.000. The van der Waals surface area contributed by atoms with E-state index in [2.05, 4.69) is 10.2 Å². The molecule has 1 unspecified atom stereocenters. The van der Waals surface area contributed by atoms with Crippen LogP contribution in [0.1, 0.15) is 27.2 Å². The monoisotopic (exact) mass is 365 g/mol. The van der Waals surface area contributed by atoms with Gasteiger partial charge in [0.1, 0.15) is 11.9 Å². The highest BCUT2D eigenvalue weighted by Gasteiger charge is 2.29. The second-order valence-corrected chi connectivity index (χ2v) is 7.20. The summed E-state index contributed by atoms with van der Waals surface area (Å²) < 4.78 is 13.0. The van der Waals surface area contributed by atoms with E-state index in [1.165, 1.54) is 12.1 Å². The van der Waals surface area contributed by atoms with Gasteiger partial charge in [-0.3, -0.25) is 9.69 Å². The van der Waals surface area contributed by atoms with E-state index in [4.69, 9.17) is 0 Å². The second kappa shape index (κ2) is 8.98. The number of amides is 1. The van der Waals surface area contributed by atoms with Gasteiger partial charge in [0.15, 0.2) is 0 Å². The van der Waals surface area contributed by atoms with Gasteiger partial charge in [0.25, 0.3) is 0 Å². The normalized spacial score (nSPS) is 17.8. The second-order valence-electron chi connectivity index (χ2n) is 7.20. The Bertz CT molecular complexity index is 613. The molecule has 0 spiro atoms. The number of nitrogens with one attached hydrogen (secondary N) is 1. The Hall–Kier alpha value is -2.15.